The van der Waals surface area contributed by atoms with E-state index < -0.39 is 0 Å². The van der Waals surface area contributed by atoms with Gasteiger partial charge in [0.15, 0.2) is 0 Å². The van der Waals surface area contributed by atoms with Crippen LogP contribution in [0.25, 0.3) is 0 Å². The van der Waals surface area contributed by atoms with Gasteiger partial charge in [-0.25, -0.2) is 4.98 Å². The highest BCUT2D eigenvalue weighted by Crippen LogP contribution is 2.21. The fraction of sp³-hybridized carbons (Fsp3) is 0.412. The molecule has 0 bridgehead atoms. The highest BCUT2D eigenvalue weighted by atomic mass is 16.2. The molecule has 4 nitrogen and oxygen atoms in total. The van der Waals surface area contributed by atoms with Crippen LogP contribution in [0.3, 0.4) is 0 Å². The first kappa shape index (κ1) is 13.9. The van der Waals surface area contributed by atoms with E-state index in [1.54, 1.807) is 0 Å². The molecular formula is C17H21N3O. The van der Waals surface area contributed by atoms with Crippen LogP contribution in [-0.2, 0) is 13.0 Å². The van der Waals surface area contributed by atoms with Crippen LogP contribution in [0.1, 0.15) is 28.7 Å². The maximum Gasteiger partial charge on any atom is 0.253 e. The number of rotatable bonds is 4. The summed E-state index contributed by atoms with van der Waals surface area (Å²) in [5, 5.41) is 0. The number of carbonyl (C=O) groups is 1. The molecule has 2 aromatic rings. The number of hydrogen-bond donors (Lipinski definition) is 0. The van der Waals surface area contributed by atoms with E-state index in [9.17, 15) is 4.79 Å². The SMILES string of the molecule is CCc1nccn1CC1CN(C(=O)c2cccc(C)c2)C1. The summed E-state index contributed by atoms with van der Waals surface area (Å²) in [6.45, 7) is 6.77. The molecule has 1 aliphatic rings. The lowest BCUT2D eigenvalue weighted by Crippen LogP contribution is -2.51. The van der Waals surface area contributed by atoms with E-state index >= 15 is 0 Å². The first-order valence-corrected chi connectivity index (χ1v) is 7.53. The molecule has 0 N–H and O–H groups in total. The van der Waals surface area contributed by atoms with Crippen LogP contribution in [0, 0.1) is 12.8 Å². The van der Waals surface area contributed by atoms with Gasteiger partial charge in [0.05, 0.1) is 0 Å². The minimum atomic E-state index is 0.149. The Morgan fingerprint density at radius 2 is 2.19 bits per heavy atom. The second-order valence-corrected chi connectivity index (χ2v) is 5.80. The van der Waals surface area contributed by atoms with E-state index in [2.05, 4.69) is 16.5 Å². The molecule has 1 saturated heterocycles. The summed E-state index contributed by atoms with van der Waals surface area (Å²) in [6.07, 6.45) is 4.84. The summed E-state index contributed by atoms with van der Waals surface area (Å²) in [5.41, 5.74) is 1.93. The third-order valence-electron chi connectivity index (χ3n) is 4.08. The summed E-state index contributed by atoms with van der Waals surface area (Å²) in [5.74, 6) is 1.81. The Labute approximate surface area is 125 Å². The highest BCUT2D eigenvalue weighted by Gasteiger charge is 2.31. The van der Waals surface area contributed by atoms with Crippen LogP contribution in [0.5, 0.6) is 0 Å². The number of carbonyl (C=O) groups excluding carboxylic acids is 1. The average molecular weight is 283 g/mol. The van der Waals surface area contributed by atoms with E-state index in [-0.39, 0.29) is 5.91 Å². The molecule has 3 rings (SSSR count). The van der Waals surface area contributed by atoms with Crippen molar-refractivity contribution >= 4 is 5.91 Å². The lowest BCUT2D eigenvalue weighted by Gasteiger charge is -2.39. The van der Waals surface area contributed by atoms with Gasteiger partial charge in [-0.15, -0.1) is 0 Å². The molecule has 1 amide bonds. The van der Waals surface area contributed by atoms with Gasteiger partial charge in [0.25, 0.3) is 5.91 Å². The predicted molar refractivity (Wildman–Crippen MR) is 82.2 cm³/mol. The number of amides is 1. The standard InChI is InChI=1S/C17H21N3O/c1-3-16-18-7-8-19(16)10-14-11-20(12-14)17(21)15-6-4-5-13(2)9-15/h4-9,14H,3,10-12H2,1-2H3. The van der Waals surface area contributed by atoms with Crippen molar-refractivity contribution in [3.8, 4) is 0 Å². The smallest absolute Gasteiger partial charge is 0.253 e. The van der Waals surface area contributed by atoms with E-state index in [0.29, 0.717) is 5.92 Å². The monoisotopic (exact) mass is 283 g/mol. The van der Waals surface area contributed by atoms with Gasteiger partial charge in [0, 0.05) is 49.9 Å². The van der Waals surface area contributed by atoms with Crippen LogP contribution in [0.15, 0.2) is 36.7 Å². The van der Waals surface area contributed by atoms with Crippen molar-refractivity contribution in [3.05, 3.63) is 53.6 Å². The molecule has 0 unspecified atom stereocenters. The Balaban J connectivity index is 1.57. The number of likely N-dealkylation sites (tertiary alicyclic amines) is 1. The number of aryl methyl sites for hydroxylation is 2. The first-order chi connectivity index (χ1) is 10.2. The fourth-order valence-corrected chi connectivity index (χ4v) is 2.91. The maximum atomic E-state index is 12.4. The van der Waals surface area contributed by atoms with E-state index in [1.807, 2.05) is 48.5 Å². The van der Waals surface area contributed by atoms with Crippen molar-refractivity contribution < 1.29 is 4.79 Å². The van der Waals surface area contributed by atoms with E-state index in [1.165, 1.54) is 0 Å². The third kappa shape index (κ3) is 2.84. The van der Waals surface area contributed by atoms with E-state index in [4.69, 9.17) is 0 Å². The zero-order valence-corrected chi connectivity index (χ0v) is 12.6. The summed E-state index contributed by atoms with van der Waals surface area (Å²) in [6, 6.07) is 7.81. The van der Waals surface area contributed by atoms with E-state index in [0.717, 1.165) is 43.0 Å². The Morgan fingerprint density at radius 3 is 2.90 bits per heavy atom. The molecule has 1 aliphatic heterocycles. The highest BCUT2D eigenvalue weighted by molar-refractivity contribution is 5.94. The van der Waals surface area contributed by atoms with Gasteiger partial charge < -0.3 is 9.47 Å². The number of imidazole rings is 1. The van der Waals surface area contributed by atoms with Gasteiger partial charge in [-0.3, -0.25) is 4.79 Å². The van der Waals surface area contributed by atoms with Gasteiger partial charge in [-0.2, -0.15) is 0 Å². The van der Waals surface area contributed by atoms with Crippen LogP contribution in [-0.4, -0.2) is 33.4 Å². The van der Waals surface area contributed by atoms with Crippen molar-refractivity contribution in [2.75, 3.05) is 13.1 Å². The quantitative estimate of drug-likeness (QED) is 0.865. The molecule has 1 aromatic heterocycles. The molecule has 1 aromatic carbocycles. The van der Waals surface area contributed by atoms with Crippen LogP contribution in [0.4, 0.5) is 0 Å². The third-order valence-corrected chi connectivity index (χ3v) is 4.08. The Morgan fingerprint density at radius 1 is 1.38 bits per heavy atom. The Bertz CT molecular complexity index is 641. The van der Waals surface area contributed by atoms with Gasteiger partial charge in [-0.05, 0) is 19.1 Å². The number of aromatic nitrogens is 2. The van der Waals surface area contributed by atoms with Crippen LogP contribution < -0.4 is 0 Å². The van der Waals surface area contributed by atoms with Crippen molar-refractivity contribution in [3.63, 3.8) is 0 Å². The van der Waals surface area contributed by atoms with Crippen LogP contribution in [0.2, 0.25) is 0 Å². The van der Waals surface area contributed by atoms with Gasteiger partial charge in [-0.1, -0.05) is 24.6 Å². The van der Waals surface area contributed by atoms with Gasteiger partial charge in [0.1, 0.15) is 5.82 Å². The topological polar surface area (TPSA) is 38.1 Å². The molecular weight excluding hydrogens is 262 g/mol. The lowest BCUT2D eigenvalue weighted by molar-refractivity contribution is 0.0467. The Hall–Kier alpha value is -2.10. The molecule has 110 valence electrons. The molecule has 0 aliphatic carbocycles. The summed E-state index contributed by atoms with van der Waals surface area (Å²) >= 11 is 0. The molecule has 0 radical (unpaired) electrons. The number of hydrogen-bond acceptors (Lipinski definition) is 2. The average Bonchev–Trinajstić information content (AvgIpc) is 2.89. The maximum absolute atomic E-state index is 12.4. The molecule has 4 heteroatoms. The largest absolute Gasteiger partial charge is 0.338 e. The zero-order chi connectivity index (χ0) is 14.8. The predicted octanol–water partition coefficient (Wildman–Crippen LogP) is 2.53. The lowest BCUT2D eigenvalue weighted by atomic mass is 9.98. The molecule has 0 spiro atoms. The van der Waals surface area contributed by atoms with Crippen molar-refractivity contribution in [2.24, 2.45) is 5.92 Å². The molecule has 2 heterocycles. The molecule has 0 atom stereocenters. The zero-order valence-electron chi connectivity index (χ0n) is 12.6. The second kappa shape index (κ2) is 5.72. The van der Waals surface area contributed by atoms with Crippen molar-refractivity contribution in [2.45, 2.75) is 26.8 Å². The summed E-state index contributed by atoms with van der Waals surface area (Å²) in [4.78, 5) is 18.6. The first-order valence-electron chi connectivity index (χ1n) is 7.53. The Kier molecular flexibility index (Phi) is 3.78. The fourth-order valence-electron chi connectivity index (χ4n) is 2.91. The molecule has 21 heavy (non-hydrogen) atoms. The van der Waals surface area contributed by atoms with Crippen molar-refractivity contribution in [1.82, 2.24) is 14.5 Å². The van der Waals surface area contributed by atoms with Gasteiger partial charge >= 0.3 is 0 Å². The minimum absolute atomic E-state index is 0.149. The van der Waals surface area contributed by atoms with Crippen molar-refractivity contribution in [1.29, 1.82) is 0 Å². The minimum Gasteiger partial charge on any atom is -0.338 e. The van der Waals surface area contributed by atoms with Crippen LogP contribution >= 0.6 is 0 Å². The summed E-state index contributed by atoms with van der Waals surface area (Å²) in [7, 11) is 0. The molecule has 1 fully saturated rings. The second-order valence-electron chi connectivity index (χ2n) is 5.80. The normalized spacial score (nSPS) is 15.0. The van der Waals surface area contributed by atoms with Gasteiger partial charge in [0.2, 0.25) is 0 Å². The molecule has 0 saturated carbocycles. The number of nitrogens with zero attached hydrogens (tertiary/aromatic N) is 3. The summed E-state index contributed by atoms with van der Waals surface area (Å²) < 4.78 is 2.21. The number of benzene rings is 1.